The van der Waals surface area contributed by atoms with Gasteiger partial charge in [-0.1, -0.05) is 72.3 Å². The lowest BCUT2D eigenvalue weighted by Crippen LogP contribution is -2.18. The van der Waals surface area contributed by atoms with E-state index in [-0.39, 0.29) is 5.60 Å². The maximum Gasteiger partial charge on any atom is 0.115 e. The molecule has 2 atom stereocenters. The molecular formula is C30H33NO2. The van der Waals surface area contributed by atoms with E-state index in [4.69, 9.17) is 9.47 Å². The highest BCUT2D eigenvalue weighted by Crippen LogP contribution is 2.40. The Morgan fingerprint density at radius 3 is 2.64 bits per heavy atom. The topological polar surface area (TPSA) is 37.5 Å². The second-order valence-electron chi connectivity index (χ2n) is 9.58. The Hall–Kier alpha value is -2.88. The molecule has 1 fully saturated rings. The molecule has 1 N–H and O–H groups in total. The van der Waals surface area contributed by atoms with Gasteiger partial charge in [0.2, 0.25) is 0 Å². The number of benzene rings is 3. The Balaban J connectivity index is 1.06. The lowest BCUT2D eigenvalue weighted by molar-refractivity contribution is 0.0742. The summed E-state index contributed by atoms with van der Waals surface area (Å²) in [6, 6.07) is 25.7. The predicted molar refractivity (Wildman–Crippen MR) is 136 cm³/mol. The van der Waals surface area contributed by atoms with Crippen molar-refractivity contribution in [3.05, 3.63) is 95.6 Å². The van der Waals surface area contributed by atoms with Crippen LogP contribution in [0.2, 0.25) is 0 Å². The predicted octanol–water partition coefficient (Wildman–Crippen LogP) is 7.35. The fraction of sp³-hybridized carbons (Fsp3) is 0.333. The number of H-pyrrole nitrogens is 1. The molecule has 2 heterocycles. The molecule has 0 amide bonds. The lowest BCUT2D eigenvalue weighted by atomic mass is 10.0. The van der Waals surface area contributed by atoms with E-state index in [9.17, 15) is 0 Å². The van der Waals surface area contributed by atoms with Crippen LogP contribution in [0.25, 0.3) is 21.8 Å². The number of aryl methyl sites for hydroxylation is 1. The largest absolute Gasteiger partial charge is 0.374 e. The number of allylic oxidation sites excluding steroid dienone is 2. The van der Waals surface area contributed by atoms with Crippen LogP contribution < -0.4 is 0 Å². The highest BCUT2D eigenvalue weighted by atomic mass is 16.6. The van der Waals surface area contributed by atoms with Gasteiger partial charge in [0.15, 0.2) is 0 Å². The Labute approximate surface area is 196 Å². The Morgan fingerprint density at radius 1 is 0.970 bits per heavy atom. The van der Waals surface area contributed by atoms with E-state index in [1.165, 1.54) is 38.5 Å². The fourth-order valence-corrected chi connectivity index (χ4v) is 4.73. The molecule has 1 aromatic heterocycles. The number of nitrogens with one attached hydrogen (secondary N) is 1. The number of epoxide rings is 1. The van der Waals surface area contributed by atoms with Gasteiger partial charge in [-0.25, -0.2) is 0 Å². The van der Waals surface area contributed by atoms with Crippen LogP contribution in [0.3, 0.4) is 0 Å². The van der Waals surface area contributed by atoms with Crippen LogP contribution in [0.4, 0.5) is 0 Å². The van der Waals surface area contributed by atoms with E-state index < -0.39 is 0 Å². The SMILES string of the molecule is C/C(=C\CCc1ccc2c(c1)[nH]c1ccccc12)CC[C@@H]1O[C@@]1(C)COCc1ccccc1. The summed E-state index contributed by atoms with van der Waals surface area (Å²) in [5.41, 5.74) is 6.36. The zero-order chi connectivity index (χ0) is 22.7. The second kappa shape index (κ2) is 9.54. The zero-order valence-corrected chi connectivity index (χ0v) is 19.6. The normalized spacial score (nSPS) is 20.5. The molecule has 0 aliphatic carbocycles. The van der Waals surface area contributed by atoms with Gasteiger partial charge in [-0.05, 0) is 62.8 Å². The first-order valence-corrected chi connectivity index (χ1v) is 12.1. The number of aromatic nitrogens is 1. The minimum Gasteiger partial charge on any atom is -0.374 e. The fourth-order valence-electron chi connectivity index (χ4n) is 4.73. The number of para-hydroxylation sites is 1. The number of rotatable bonds is 10. The molecule has 5 rings (SSSR count). The van der Waals surface area contributed by atoms with E-state index >= 15 is 0 Å². The minimum atomic E-state index is -0.121. The number of fused-ring (bicyclic) bond motifs is 3. The number of ether oxygens (including phenoxy) is 2. The second-order valence-corrected chi connectivity index (χ2v) is 9.58. The van der Waals surface area contributed by atoms with Gasteiger partial charge in [-0.15, -0.1) is 0 Å². The van der Waals surface area contributed by atoms with Crippen molar-refractivity contribution in [2.45, 2.75) is 57.8 Å². The smallest absolute Gasteiger partial charge is 0.115 e. The summed E-state index contributed by atoms with van der Waals surface area (Å²) < 4.78 is 11.9. The van der Waals surface area contributed by atoms with Crippen molar-refractivity contribution in [3.8, 4) is 0 Å². The third kappa shape index (κ3) is 5.21. The van der Waals surface area contributed by atoms with Gasteiger partial charge in [0.25, 0.3) is 0 Å². The quantitative estimate of drug-likeness (QED) is 0.207. The maximum absolute atomic E-state index is 5.98. The molecule has 33 heavy (non-hydrogen) atoms. The van der Waals surface area contributed by atoms with Gasteiger partial charge in [0, 0.05) is 21.8 Å². The molecule has 0 unspecified atom stereocenters. The molecule has 3 aromatic carbocycles. The van der Waals surface area contributed by atoms with Gasteiger partial charge < -0.3 is 14.5 Å². The molecule has 1 aliphatic rings. The Bertz CT molecular complexity index is 1260. The van der Waals surface area contributed by atoms with E-state index in [0.29, 0.717) is 19.3 Å². The van der Waals surface area contributed by atoms with Crippen LogP contribution in [-0.2, 0) is 22.5 Å². The van der Waals surface area contributed by atoms with Crippen molar-refractivity contribution < 1.29 is 9.47 Å². The lowest BCUT2D eigenvalue weighted by Gasteiger charge is -2.08. The summed E-state index contributed by atoms with van der Waals surface area (Å²) >= 11 is 0. The van der Waals surface area contributed by atoms with Crippen molar-refractivity contribution in [2.75, 3.05) is 6.61 Å². The molecule has 1 aliphatic heterocycles. The van der Waals surface area contributed by atoms with E-state index in [0.717, 1.165) is 25.7 Å². The number of aromatic amines is 1. The molecule has 4 aromatic rings. The number of hydrogen-bond donors (Lipinski definition) is 1. The third-order valence-corrected chi connectivity index (χ3v) is 6.83. The first-order chi connectivity index (χ1) is 16.1. The molecule has 3 nitrogen and oxygen atoms in total. The van der Waals surface area contributed by atoms with E-state index in [1.807, 2.05) is 18.2 Å². The first kappa shape index (κ1) is 21.9. The molecule has 3 heteroatoms. The van der Waals surface area contributed by atoms with Gasteiger partial charge in [0.05, 0.1) is 19.3 Å². The molecular weight excluding hydrogens is 406 g/mol. The monoisotopic (exact) mass is 439 g/mol. The molecule has 0 radical (unpaired) electrons. The van der Waals surface area contributed by atoms with Gasteiger partial charge in [-0.2, -0.15) is 0 Å². The summed E-state index contributed by atoms with van der Waals surface area (Å²) in [5, 5.41) is 2.61. The van der Waals surface area contributed by atoms with Gasteiger partial charge >= 0.3 is 0 Å². The molecule has 0 saturated carbocycles. The third-order valence-electron chi connectivity index (χ3n) is 6.83. The molecule has 0 bridgehead atoms. The first-order valence-electron chi connectivity index (χ1n) is 12.1. The Kier molecular flexibility index (Phi) is 6.34. The van der Waals surface area contributed by atoms with Crippen LogP contribution in [0.15, 0.2) is 84.4 Å². The highest BCUT2D eigenvalue weighted by Gasteiger charge is 2.51. The zero-order valence-electron chi connectivity index (χ0n) is 19.6. The number of hydrogen-bond acceptors (Lipinski definition) is 2. The van der Waals surface area contributed by atoms with Crippen LogP contribution in [0, 0.1) is 0 Å². The summed E-state index contributed by atoms with van der Waals surface area (Å²) in [6.07, 6.45) is 6.98. The van der Waals surface area contributed by atoms with Crippen LogP contribution >= 0.6 is 0 Å². The summed E-state index contributed by atoms with van der Waals surface area (Å²) in [4.78, 5) is 3.55. The van der Waals surface area contributed by atoms with Crippen molar-refractivity contribution in [2.24, 2.45) is 0 Å². The van der Waals surface area contributed by atoms with Crippen molar-refractivity contribution in [1.29, 1.82) is 0 Å². The van der Waals surface area contributed by atoms with Crippen LogP contribution in [0.5, 0.6) is 0 Å². The standard InChI is InChI=1S/C30H33NO2/c1-22(15-18-29-30(2,33-29)21-32-20-24-10-4-3-5-11-24)9-8-12-23-16-17-26-25-13-6-7-14-27(25)31-28(26)19-23/h3-7,9-11,13-14,16-17,19,29,31H,8,12,15,18,20-21H2,1-2H3/b22-9+/t29-,30-/m0/s1. The van der Waals surface area contributed by atoms with Crippen molar-refractivity contribution >= 4 is 21.8 Å². The van der Waals surface area contributed by atoms with Crippen molar-refractivity contribution in [3.63, 3.8) is 0 Å². The van der Waals surface area contributed by atoms with Gasteiger partial charge in [-0.3, -0.25) is 0 Å². The molecule has 1 saturated heterocycles. The maximum atomic E-state index is 5.98. The average molecular weight is 440 g/mol. The highest BCUT2D eigenvalue weighted by molar-refractivity contribution is 6.07. The summed E-state index contributed by atoms with van der Waals surface area (Å²) in [5.74, 6) is 0. The Morgan fingerprint density at radius 2 is 1.76 bits per heavy atom. The average Bonchev–Trinajstić information content (AvgIpc) is 3.33. The van der Waals surface area contributed by atoms with Crippen LogP contribution in [-0.4, -0.2) is 23.3 Å². The minimum absolute atomic E-state index is 0.121. The van der Waals surface area contributed by atoms with Crippen LogP contribution in [0.1, 0.15) is 44.2 Å². The van der Waals surface area contributed by atoms with E-state index in [2.05, 4.69) is 79.5 Å². The van der Waals surface area contributed by atoms with E-state index in [1.54, 1.807) is 0 Å². The van der Waals surface area contributed by atoms with Crippen molar-refractivity contribution in [1.82, 2.24) is 4.98 Å². The molecule has 170 valence electrons. The van der Waals surface area contributed by atoms with Gasteiger partial charge in [0.1, 0.15) is 5.60 Å². The molecule has 0 spiro atoms. The summed E-state index contributed by atoms with van der Waals surface area (Å²) in [7, 11) is 0. The summed E-state index contributed by atoms with van der Waals surface area (Å²) in [6.45, 7) is 5.72.